The molecule has 1 aromatic carbocycles. The van der Waals surface area contributed by atoms with Crippen LogP contribution in [0.3, 0.4) is 0 Å². The first-order valence-corrected chi connectivity index (χ1v) is 8.34. The average Bonchev–Trinajstić information content (AvgIpc) is 2.81. The number of benzene rings is 1. The van der Waals surface area contributed by atoms with Crippen molar-refractivity contribution in [2.45, 2.75) is 24.9 Å². The van der Waals surface area contributed by atoms with Crippen LogP contribution in [0.15, 0.2) is 29.4 Å². The Bertz CT molecular complexity index is 824. The third-order valence-corrected chi connectivity index (χ3v) is 4.01. The Kier molecular flexibility index (Phi) is 4.30. The zero-order valence-corrected chi connectivity index (χ0v) is 12.6. The van der Waals surface area contributed by atoms with E-state index in [0.717, 1.165) is 6.07 Å². The summed E-state index contributed by atoms with van der Waals surface area (Å²) in [6, 6.07) is 5.83. The molecule has 0 saturated carbocycles. The maximum atomic E-state index is 13.4. The number of hydrogen-bond acceptors (Lipinski definition) is 4. The summed E-state index contributed by atoms with van der Waals surface area (Å²) < 4.78 is 37.6. The Balaban J connectivity index is 2.42. The first kappa shape index (κ1) is 15.5. The molecule has 0 atom stereocenters. The van der Waals surface area contributed by atoms with Crippen LogP contribution in [0.5, 0.6) is 0 Å². The smallest absolute Gasteiger partial charge is 0.280 e. The zero-order valence-electron chi connectivity index (χ0n) is 11.0. The quantitative estimate of drug-likeness (QED) is 0.808. The summed E-state index contributed by atoms with van der Waals surface area (Å²) in [5, 5.41) is 8.59. The molecule has 0 N–H and O–H groups in total. The second kappa shape index (κ2) is 5.84. The molecule has 0 radical (unpaired) electrons. The number of halogens is 2. The largest absolute Gasteiger partial charge is 0.329 e. The number of nitrogens with zero attached hydrogens (tertiary/aromatic N) is 3. The van der Waals surface area contributed by atoms with Crippen LogP contribution in [0.4, 0.5) is 4.39 Å². The highest BCUT2D eigenvalue weighted by Gasteiger charge is 2.17. The van der Waals surface area contributed by atoms with Crippen molar-refractivity contribution in [1.82, 2.24) is 9.55 Å². The molecule has 0 unspecified atom stereocenters. The number of imidazole rings is 1. The maximum absolute atomic E-state index is 13.4. The van der Waals surface area contributed by atoms with Crippen molar-refractivity contribution in [3.8, 4) is 6.07 Å². The molecule has 8 heteroatoms. The van der Waals surface area contributed by atoms with Crippen LogP contribution in [0, 0.1) is 17.1 Å². The Morgan fingerprint density at radius 2 is 2.14 bits per heavy atom. The van der Waals surface area contributed by atoms with Gasteiger partial charge in [0.2, 0.25) is 0 Å². The van der Waals surface area contributed by atoms with Crippen LogP contribution < -0.4 is 0 Å². The molecule has 21 heavy (non-hydrogen) atoms. The van der Waals surface area contributed by atoms with Gasteiger partial charge in [-0.25, -0.2) is 17.8 Å². The SMILES string of the molecule is CCc1nc(S(=O)(=O)Cl)cn1Cc1cc(F)cc(C#N)c1. The van der Waals surface area contributed by atoms with Crippen molar-refractivity contribution in [3.05, 3.63) is 47.2 Å². The summed E-state index contributed by atoms with van der Waals surface area (Å²) in [4.78, 5) is 3.95. The second-order valence-electron chi connectivity index (χ2n) is 4.37. The van der Waals surface area contributed by atoms with Crippen LogP contribution in [-0.4, -0.2) is 18.0 Å². The van der Waals surface area contributed by atoms with Gasteiger partial charge >= 0.3 is 0 Å². The highest BCUT2D eigenvalue weighted by atomic mass is 35.7. The van der Waals surface area contributed by atoms with Gasteiger partial charge in [0.15, 0.2) is 5.03 Å². The van der Waals surface area contributed by atoms with E-state index >= 15 is 0 Å². The predicted octanol–water partition coefficient (Wildman–Crippen LogP) is 2.43. The fraction of sp³-hybridized carbons (Fsp3) is 0.231. The van der Waals surface area contributed by atoms with Gasteiger partial charge < -0.3 is 4.57 Å². The third kappa shape index (κ3) is 3.60. The van der Waals surface area contributed by atoms with E-state index in [2.05, 4.69) is 4.98 Å². The van der Waals surface area contributed by atoms with Gasteiger partial charge in [-0.05, 0) is 23.8 Å². The van der Waals surface area contributed by atoms with E-state index in [1.54, 1.807) is 4.57 Å². The molecule has 110 valence electrons. The molecule has 0 aliphatic carbocycles. The molecule has 0 saturated heterocycles. The first-order chi connectivity index (χ1) is 9.83. The maximum Gasteiger partial charge on any atom is 0.280 e. The van der Waals surface area contributed by atoms with Gasteiger partial charge in [-0.15, -0.1) is 0 Å². The van der Waals surface area contributed by atoms with E-state index in [0.29, 0.717) is 17.8 Å². The molecule has 5 nitrogen and oxygen atoms in total. The van der Waals surface area contributed by atoms with Gasteiger partial charge in [0.05, 0.1) is 11.6 Å². The fourth-order valence-electron chi connectivity index (χ4n) is 1.97. The lowest BCUT2D eigenvalue weighted by Gasteiger charge is -2.07. The summed E-state index contributed by atoms with van der Waals surface area (Å²) in [5.74, 6) is -0.00982. The summed E-state index contributed by atoms with van der Waals surface area (Å²) in [6.07, 6.45) is 1.80. The molecule has 0 aliphatic rings. The number of rotatable bonds is 4. The van der Waals surface area contributed by atoms with Crippen molar-refractivity contribution in [2.24, 2.45) is 0 Å². The van der Waals surface area contributed by atoms with Gasteiger partial charge in [-0.2, -0.15) is 5.26 Å². The van der Waals surface area contributed by atoms with Gasteiger partial charge in [-0.3, -0.25) is 0 Å². The van der Waals surface area contributed by atoms with Crippen LogP contribution >= 0.6 is 10.7 Å². The summed E-state index contributed by atoms with van der Waals surface area (Å²) in [7, 11) is 1.36. The van der Waals surface area contributed by atoms with Crippen molar-refractivity contribution in [3.63, 3.8) is 0 Å². The topological polar surface area (TPSA) is 75.8 Å². The molecule has 0 aliphatic heterocycles. The molecule has 2 aromatic rings. The van der Waals surface area contributed by atoms with E-state index < -0.39 is 14.9 Å². The van der Waals surface area contributed by atoms with E-state index in [4.69, 9.17) is 15.9 Å². The molecular formula is C13H11ClFN3O2S. The highest BCUT2D eigenvalue weighted by Crippen LogP contribution is 2.17. The lowest BCUT2D eigenvalue weighted by molar-refractivity contribution is 0.606. The summed E-state index contributed by atoms with van der Waals surface area (Å²) >= 11 is 0. The van der Waals surface area contributed by atoms with Crippen molar-refractivity contribution >= 4 is 19.7 Å². The summed E-state index contributed by atoms with van der Waals surface area (Å²) in [6.45, 7) is 2.02. The minimum atomic E-state index is -3.91. The molecule has 0 amide bonds. The molecule has 0 fully saturated rings. The van der Waals surface area contributed by atoms with E-state index in [9.17, 15) is 12.8 Å². The van der Waals surface area contributed by atoms with Gasteiger partial charge in [-0.1, -0.05) is 6.92 Å². The zero-order chi connectivity index (χ0) is 15.6. The Labute approximate surface area is 126 Å². The van der Waals surface area contributed by atoms with E-state index in [-0.39, 0.29) is 17.1 Å². The van der Waals surface area contributed by atoms with Gasteiger partial charge in [0.25, 0.3) is 9.05 Å². The number of aromatic nitrogens is 2. The van der Waals surface area contributed by atoms with Crippen LogP contribution in [-0.2, 0) is 22.0 Å². The number of nitriles is 1. The average molecular weight is 328 g/mol. The first-order valence-electron chi connectivity index (χ1n) is 6.03. The van der Waals surface area contributed by atoms with Crippen molar-refractivity contribution in [1.29, 1.82) is 5.26 Å². The van der Waals surface area contributed by atoms with Crippen molar-refractivity contribution in [2.75, 3.05) is 0 Å². The minimum absolute atomic E-state index is 0.202. The number of hydrogen-bond donors (Lipinski definition) is 0. The molecule has 1 aromatic heterocycles. The minimum Gasteiger partial charge on any atom is -0.329 e. The lowest BCUT2D eigenvalue weighted by atomic mass is 10.1. The fourth-order valence-corrected chi connectivity index (χ4v) is 2.66. The predicted molar refractivity (Wildman–Crippen MR) is 74.9 cm³/mol. The molecule has 0 spiro atoms. The third-order valence-electron chi connectivity index (χ3n) is 2.84. The Hall–Kier alpha value is -1.91. The highest BCUT2D eigenvalue weighted by molar-refractivity contribution is 8.13. The van der Waals surface area contributed by atoms with Crippen LogP contribution in [0.2, 0.25) is 0 Å². The van der Waals surface area contributed by atoms with E-state index in [1.807, 2.05) is 13.0 Å². The van der Waals surface area contributed by atoms with Crippen LogP contribution in [0.1, 0.15) is 23.9 Å². The molecule has 2 rings (SSSR count). The molecule has 0 bridgehead atoms. The molecule has 1 heterocycles. The Morgan fingerprint density at radius 3 is 2.71 bits per heavy atom. The Morgan fingerprint density at radius 1 is 1.43 bits per heavy atom. The van der Waals surface area contributed by atoms with E-state index in [1.165, 1.54) is 18.3 Å². The standard InChI is InChI=1S/C13H11ClFN3O2S/c1-2-12-17-13(21(14,19)20)8-18(12)7-10-3-9(6-16)4-11(15)5-10/h3-5,8H,2,7H2,1H3. The van der Waals surface area contributed by atoms with Gasteiger partial charge in [0.1, 0.15) is 11.6 Å². The second-order valence-corrected chi connectivity index (χ2v) is 6.89. The monoisotopic (exact) mass is 327 g/mol. The lowest BCUT2D eigenvalue weighted by Crippen LogP contribution is -2.04. The van der Waals surface area contributed by atoms with Gasteiger partial charge in [0, 0.05) is 29.8 Å². The van der Waals surface area contributed by atoms with Crippen LogP contribution in [0.25, 0.3) is 0 Å². The normalized spacial score (nSPS) is 11.3. The van der Waals surface area contributed by atoms with Crippen molar-refractivity contribution < 1.29 is 12.8 Å². The molecular weight excluding hydrogens is 317 g/mol. The number of aryl methyl sites for hydroxylation is 1. The summed E-state index contributed by atoms with van der Waals surface area (Å²) in [5.41, 5.74) is 0.741.